The Hall–Kier alpha value is -6.88. The molecule has 0 bridgehead atoms. The third kappa shape index (κ3) is 8.61. The molecular formula is C39H30N6O12S3. The van der Waals surface area contributed by atoms with Gasteiger partial charge >= 0.3 is 6.03 Å². The summed E-state index contributed by atoms with van der Waals surface area (Å²) in [6.45, 7) is 3.67. The number of benzene rings is 5. The maximum Gasteiger partial charge on any atom is 0.323 e. The molecule has 21 heteroatoms. The van der Waals surface area contributed by atoms with Crippen LogP contribution >= 0.6 is 0 Å². The number of nitrogens with one attached hydrogen (secondary N) is 4. The van der Waals surface area contributed by atoms with Crippen molar-refractivity contribution in [3.8, 4) is 0 Å². The predicted molar refractivity (Wildman–Crippen MR) is 225 cm³/mol. The number of nitrogens with zero attached hydrogens (tertiary/aromatic N) is 2. The number of anilines is 4. The van der Waals surface area contributed by atoms with E-state index in [-0.39, 0.29) is 44.2 Å². The lowest BCUT2D eigenvalue weighted by Gasteiger charge is -2.18. The Labute approximate surface area is 341 Å². The first-order valence-electron chi connectivity index (χ1n) is 17.3. The van der Waals surface area contributed by atoms with E-state index in [4.69, 9.17) is 0 Å². The van der Waals surface area contributed by atoms with Gasteiger partial charge in [0, 0.05) is 22.5 Å². The van der Waals surface area contributed by atoms with Crippen LogP contribution in [0.5, 0.6) is 0 Å². The van der Waals surface area contributed by atoms with Gasteiger partial charge in [-0.05, 0) is 120 Å². The van der Waals surface area contributed by atoms with Crippen LogP contribution in [0.1, 0.15) is 43.0 Å². The number of fused-ring (bicyclic) bond motifs is 3. The average molecular weight is 871 g/mol. The third-order valence-electron chi connectivity index (χ3n) is 9.21. The standard InChI is InChI=1S/C39H30N6O12S3/c1-20-3-12-32(21(2)13-20)43-45-36-34(60(55,56)57)19-25-16-27(8-11-31(25)38(36)47)41-39(48)40-26-7-10-30-24(15-26)18-33(59(52,53)54)35(37(30)46)44-42-28-6-4-23-17-29(58(49,50)51)9-5-22(23)14-28/h3-19,42-43H,1-2H3,(H2,40,41,48)(H,49,50,51)(H,52,53,54)(H,55,56,57)/b44-35-,45-36-. The van der Waals surface area contributed by atoms with Crippen LogP contribution < -0.4 is 21.5 Å². The summed E-state index contributed by atoms with van der Waals surface area (Å²) >= 11 is 0. The predicted octanol–water partition coefficient (Wildman–Crippen LogP) is 6.13. The van der Waals surface area contributed by atoms with Crippen LogP contribution in [0, 0.1) is 13.8 Å². The average Bonchev–Trinajstić information content (AvgIpc) is 3.16. The van der Waals surface area contributed by atoms with Gasteiger partial charge in [-0.2, -0.15) is 35.5 Å². The van der Waals surface area contributed by atoms with Crippen LogP contribution in [0.2, 0.25) is 0 Å². The Kier molecular flexibility index (Phi) is 10.6. The van der Waals surface area contributed by atoms with Crippen molar-refractivity contribution < 1.29 is 53.3 Å². The number of ketones is 2. The Morgan fingerprint density at radius 1 is 0.550 bits per heavy atom. The highest BCUT2D eigenvalue weighted by atomic mass is 32.2. The summed E-state index contributed by atoms with van der Waals surface area (Å²) in [7, 11) is -14.4. The van der Waals surface area contributed by atoms with Crippen molar-refractivity contribution in [1.29, 1.82) is 0 Å². The fourth-order valence-electron chi connectivity index (χ4n) is 6.36. The highest BCUT2D eigenvalue weighted by Crippen LogP contribution is 2.31. The number of amides is 2. The number of carbonyl (C=O) groups is 3. The summed E-state index contributed by atoms with van der Waals surface area (Å²) in [5.41, 5.74) is 6.78. The Bertz CT molecular complexity index is 3210. The maximum absolute atomic E-state index is 13.5. The van der Waals surface area contributed by atoms with E-state index in [1.165, 1.54) is 72.8 Å². The molecule has 18 nitrogen and oxygen atoms in total. The highest BCUT2D eigenvalue weighted by molar-refractivity contribution is 7.91. The zero-order valence-electron chi connectivity index (χ0n) is 31.0. The molecule has 0 aromatic heterocycles. The second kappa shape index (κ2) is 15.4. The van der Waals surface area contributed by atoms with Crippen LogP contribution in [0.25, 0.3) is 22.9 Å². The van der Waals surface area contributed by atoms with Gasteiger partial charge in [-0.3, -0.25) is 34.1 Å². The molecule has 5 aromatic carbocycles. The van der Waals surface area contributed by atoms with Crippen molar-refractivity contribution in [1.82, 2.24) is 0 Å². The smallest absolute Gasteiger partial charge is 0.308 e. The van der Waals surface area contributed by atoms with Crippen LogP contribution in [0.3, 0.4) is 0 Å². The second-order valence-corrected chi connectivity index (χ2v) is 17.7. The SMILES string of the molecule is Cc1ccc(N/N=C2\C(=O)c3ccc(NC(=O)Nc4ccc5c(c4)C=C(S(=O)(=O)O)/C(=N/Nc4ccc6cc(S(=O)(=O)O)ccc6c4)C5=O)cc3C=C2S(=O)(=O)O)c(C)c1. The minimum absolute atomic E-state index is 0.00406. The summed E-state index contributed by atoms with van der Waals surface area (Å²) in [4.78, 5) is 38.1. The number of urea groups is 1. The van der Waals surface area contributed by atoms with Gasteiger partial charge in [-0.1, -0.05) is 29.8 Å². The molecule has 60 heavy (non-hydrogen) atoms. The van der Waals surface area contributed by atoms with Gasteiger partial charge in [-0.15, -0.1) is 0 Å². The van der Waals surface area contributed by atoms with E-state index < -0.39 is 69.2 Å². The number of carbonyl (C=O) groups excluding carboxylic acids is 3. The van der Waals surface area contributed by atoms with Crippen molar-refractivity contribution >= 4 is 105 Å². The van der Waals surface area contributed by atoms with Crippen LogP contribution in [-0.4, -0.2) is 67.9 Å². The molecule has 0 atom stereocenters. The number of hydrazone groups is 2. The molecule has 0 heterocycles. The summed E-state index contributed by atoms with van der Waals surface area (Å²) in [6, 6.07) is 20.7. The van der Waals surface area contributed by atoms with Gasteiger partial charge in [0.05, 0.1) is 16.3 Å². The molecule has 7 rings (SSSR count). The van der Waals surface area contributed by atoms with Crippen LogP contribution in [0.15, 0.2) is 116 Å². The monoisotopic (exact) mass is 870 g/mol. The number of hydrogen-bond acceptors (Lipinski definition) is 13. The summed E-state index contributed by atoms with van der Waals surface area (Å²) < 4.78 is 102. The van der Waals surface area contributed by atoms with Gasteiger partial charge in [0.25, 0.3) is 30.4 Å². The topological polar surface area (TPSA) is 287 Å². The van der Waals surface area contributed by atoms with Gasteiger partial charge in [0.1, 0.15) is 9.81 Å². The fourth-order valence-corrected chi connectivity index (χ4v) is 8.19. The molecule has 2 amide bonds. The lowest BCUT2D eigenvalue weighted by Crippen LogP contribution is -2.27. The van der Waals surface area contributed by atoms with Crippen molar-refractivity contribution in [2.75, 3.05) is 21.5 Å². The molecule has 0 fully saturated rings. The third-order valence-corrected chi connectivity index (χ3v) is 11.8. The lowest BCUT2D eigenvalue weighted by molar-refractivity contribution is 0.105. The molecule has 0 unspecified atom stereocenters. The van der Waals surface area contributed by atoms with E-state index in [9.17, 15) is 53.3 Å². The minimum atomic E-state index is -5.04. The molecule has 0 saturated heterocycles. The number of aryl methyl sites for hydroxylation is 2. The molecule has 306 valence electrons. The first-order valence-corrected chi connectivity index (χ1v) is 21.6. The van der Waals surface area contributed by atoms with Crippen molar-refractivity contribution in [3.05, 3.63) is 134 Å². The molecule has 0 saturated carbocycles. The fraction of sp³-hybridized carbons (Fsp3) is 0.0513. The minimum Gasteiger partial charge on any atom is -0.308 e. The molecule has 0 aliphatic heterocycles. The molecule has 2 aliphatic carbocycles. The van der Waals surface area contributed by atoms with Crippen molar-refractivity contribution in [3.63, 3.8) is 0 Å². The van der Waals surface area contributed by atoms with E-state index in [1.54, 1.807) is 19.1 Å². The van der Waals surface area contributed by atoms with E-state index in [0.717, 1.165) is 23.3 Å². The van der Waals surface area contributed by atoms with E-state index in [0.29, 0.717) is 16.5 Å². The van der Waals surface area contributed by atoms with Crippen molar-refractivity contribution in [2.45, 2.75) is 18.7 Å². The second-order valence-electron chi connectivity index (χ2n) is 13.5. The normalized spacial score (nSPS) is 15.6. The summed E-state index contributed by atoms with van der Waals surface area (Å²) in [6.07, 6.45) is 2.03. The van der Waals surface area contributed by atoms with Gasteiger partial charge < -0.3 is 10.6 Å². The zero-order chi connectivity index (χ0) is 43.3. The van der Waals surface area contributed by atoms with E-state index in [1.807, 2.05) is 13.0 Å². The Morgan fingerprint density at radius 3 is 1.57 bits per heavy atom. The first-order chi connectivity index (χ1) is 28.2. The Balaban J connectivity index is 1.09. The highest BCUT2D eigenvalue weighted by Gasteiger charge is 2.34. The number of hydrogen-bond donors (Lipinski definition) is 7. The molecular weight excluding hydrogens is 841 g/mol. The van der Waals surface area contributed by atoms with Crippen molar-refractivity contribution in [2.24, 2.45) is 10.2 Å². The van der Waals surface area contributed by atoms with Gasteiger partial charge in [0.15, 0.2) is 11.4 Å². The number of Topliss-reactive ketones (excluding diaryl/α,β-unsaturated/α-hetero) is 2. The number of rotatable bonds is 9. The quantitative estimate of drug-likeness (QED) is 0.0648. The van der Waals surface area contributed by atoms with E-state index >= 15 is 0 Å². The van der Waals surface area contributed by atoms with Crippen LogP contribution in [-0.2, 0) is 30.4 Å². The Morgan fingerprint density at radius 2 is 1.05 bits per heavy atom. The largest absolute Gasteiger partial charge is 0.323 e. The maximum atomic E-state index is 13.5. The summed E-state index contributed by atoms with van der Waals surface area (Å²) in [5.74, 6) is -1.71. The number of allylic oxidation sites excluding steroid dienone is 2. The summed E-state index contributed by atoms with van der Waals surface area (Å²) in [5, 5.41) is 14.0. The molecule has 2 aliphatic rings. The van der Waals surface area contributed by atoms with E-state index in [2.05, 4.69) is 31.7 Å². The molecule has 7 N–H and O–H groups in total. The lowest BCUT2D eigenvalue weighted by atomic mass is 9.94. The first kappa shape index (κ1) is 41.3. The molecule has 0 radical (unpaired) electrons. The molecule has 0 spiro atoms. The van der Waals surface area contributed by atoms with Gasteiger partial charge in [0.2, 0.25) is 11.6 Å². The van der Waals surface area contributed by atoms with Gasteiger partial charge in [-0.25, -0.2) is 4.79 Å². The van der Waals surface area contributed by atoms with Crippen LogP contribution in [0.4, 0.5) is 27.5 Å². The molecule has 5 aromatic rings. The zero-order valence-corrected chi connectivity index (χ0v) is 33.4.